The Hall–Kier alpha value is -2.28. The molecule has 1 saturated carbocycles. The highest BCUT2D eigenvalue weighted by molar-refractivity contribution is 5.91. The summed E-state index contributed by atoms with van der Waals surface area (Å²) in [6.45, 7) is 13.6. The molecule has 0 aromatic rings. The van der Waals surface area contributed by atoms with Crippen LogP contribution in [0.5, 0.6) is 0 Å². The molecular weight excluding hydrogens is 560 g/mol. The molecule has 10 atom stereocenters. The van der Waals surface area contributed by atoms with Crippen LogP contribution in [0.2, 0.25) is 0 Å². The average Bonchev–Trinajstić information content (AvgIpc) is 3.14. The van der Waals surface area contributed by atoms with Gasteiger partial charge in [-0.25, -0.2) is 14.6 Å². The number of amides is 2. The predicted molar refractivity (Wildman–Crippen MR) is 153 cm³/mol. The molecule has 2 bridgehead atoms. The van der Waals surface area contributed by atoms with Gasteiger partial charge in [0, 0.05) is 24.7 Å². The van der Waals surface area contributed by atoms with E-state index in [9.17, 15) is 24.3 Å². The van der Waals surface area contributed by atoms with E-state index in [-0.39, 0.29) is 48.9 Å². The molecule has 0 radical (unpaired) electrons. The first-order valence-electron chi connectivity index (χ1n) is 15.9. The van der Waals surface area contributed by atoms with Gasteiger partial charge < -0.3 is 30.0 Å². The zero-order valence-electron chi connectivity index (χ0n) is 26.6. The third kappa shape index (κ3) is 7.34. The number of carboxylic acids is 1. The van der Waals surface area contributed by atoms with Crippen molar-refractivity contribution in [1.29, 1.82) is 0 Å². The van der Waals surface area contributed by atoms with Crippen LogP contribution in [0.1, 0.15) is 99.8 Å². The number of aliphatic carboxylic acids is 1. The number of carbonyl (C=O) groups excluding carboxylic acids is 3. The minimum Gasteiger partial charge on any atom is -0.480 e. The standard InChI is InChI=1S/C31H50N2O10/c1-16(2)14-22(26(36)33-23(27(37)38)15-17(3)4)32-24(34)10-11-25(35)39-28-19(6)21-9-8-18(5)20-12-13-30(7)41-29(40-28)31(20,21)43-42-30/h16-23,28-29H,8-15H2,1-7H3,(H,32,34)(H,33,36)(H,37,38)/t18-,19+,20+,21+,22+,23+,28-,29+,30+,31-/m1/s1. The van der Waals surface area contributed by atoms with Crippen LogP contribution in [0.15, 0.2) is 0 Å². The Balaban J connectivity index is 1.34. The Morgan fingerprint density at radius 3 is 2.23 bits per heavy atom. The number of carboxylic acid groups (broad SMARTS) is 1. The Labute approximate surface area is 254 Å². The second-order valence-corrected chi connectivity index (χ2v) is 14.0. The van der Waals surface area contributed by atoms with E-state index in [0.717, 1.165) is 19.3 Å². The second kappa shape index (κ2) is 13.4. The molecule has 4 aliphatic heterocycles. The summed E-state index contributed by atoms with van der Waals surface area (Å²) in [7, 11) is 0. The van der Waals surface area contributed by atoms with Crippen molar-refractivity contribution in [3.63, 3.8) is 0 Å². The number of esters is 1. The predicted octanol–water partition coefficient (Wildman–Crippen LogP) is 3.66. The maximum absolute atomic E-state index is 12.9. The lowest BCUT2D eigenvalue weighted by Gasteiger charge is -2.59. The molecule has 0 aromatic heterocycles. The summed E-state index contributed by atoms with van der Waals surface area (Å²) in [5, 5.41) is 14.7. The minimum absolute atomic E-state index is 0.00294. The molecule has 0 unspecified atom stereocenters. The molecule has 5 fully saturated rings. The van der Waals surface area contributed by atoms with Gasteiger partial charge in [-0.2, -0.15) is 0 Å². The van der Waals surface area contributed by atoms with Crippen molar-refractivity contribution in [2.75, 3.05) is 0 Å². The van der Waals surface area contributed by atoms with Gasteiger partial charge in [-0.3, -0.25) is 14.4 Å². The van der Waals surface area contributed by atoms with E-state index in [1.54, 1.807) is 0 Å². The molecule has 244 valence electrons. The van der Waals surface area contributed by atoms with Crippen molar-refractivity contribution in [1.82, 2.24) is 10.6 Å². The minimum atomic E-state index is -1.13. The Morgan fingerprint density at radius 2 is 1.58 bits per heavy atom. The fourth-order valence-corrected chi connectivity index (χ4v) is 7.35. The second-order valence-electron chi connectivity index (χ2n) is 14.0. The average molecular weight is 611 g/mol. The van der Waals surface area contributed by atoms with Gasteiger partial charge in [-0.05, 0) is 62.7 Å². The van der Waals surface area contributed by atoms with E-state index in [4.69, 9.17) is 24.0 Å². The molecule has 4 saturated heterocycles. The summed E-state index contributed by atoms with van der Waals surface area (Å²) in [4.78, 5) is 62.3. The molecule has 4 heterocycles. The normalized spacial score (nSPS) is 36.3. The molecule has 1 aliphatic carbocycles. The fraction of sp³-hybridized carbons (Fsp3) is 0.871. The van der Waals surface area contributed by atoms with Crippen LogP contribution < -0.4 is 10.6 Å². The van der Waals surface area contributed by atoms with Crippen molar-refractivity contribution in [2.45, 2.75) is 136 Å². The molecule has 12 nitrogen and oxygen atoms in total. The third-order valence-electron chi connectivity index (χ3n) is 9.58. The van der Waals surface area contributed by atoms with Gasteiger partial charge >= 0.3 is 11.9 Å². The summed E-state index contributed by atoms with van der Waals surface area (Å²) in [6.07, 6.45) is 2.01. The van der Waals surface area contributed by atoms with Crippen LogP contribution >= 0.6 is 0 Å². The molecular formula is C31H50N2O10. The van der Waals surface area contributed by atoms with Crippen LogP contribution in [0, 0.1) is 35.5 Å². The Kier molecular flexibility index (Phi) is 10.5. The first-order valence-corrected chi connectivity index (χ1v) is 15.9. The van der Waals surface area contributed by atoms with E-state index in [0.29, 0.717) is 18.8 Å². The molecule has 43 heavy (non-hydrogen) atoms. The lowest BCUT2D eigenvalue weighted by Crippen LogP contribution is -2.70. The van der Waals surface area contributed by atoms with Crippen LogP contribution in [0.4, 0.5) is 0 Å². The maximum atomic E-state index is 12.9. The van der Waals surface area contributed by atoms with E-state index in [1.807, 2.05) is 41.5 Å². The van der Waals surface area contributed by atoms with Gasteiger partial charge in [-0.1, -0.05) is 41.5 Å². The number of carbonyl (C=O) groups is 4. The van der Waals surface area contributed by atoms with Gasteiger partial charge in [0.15, 0.2) is 11.9 Å². The van der Waals surface area contributed by atoms with Crippen molar-refractivity contribution in [3.05, 3.63) is 0 Å². The van der Waals surface area contributed by atoms with E-state index in [1.165, 1.54) is 0 Å². The zero-order valence-corrected chi connectivity index (χ0v) is 26.6. The van der Waals surface area contributed by atoms with Crippen molar-refractivity contribution < 1.29 is 48.3 Å². The molecule has 5 rings (SSSR count). The lowest BCUT2D eigenvalue weighted by atomic mass is 9.58. The summed E-state index contributed by atoms with van der Waals surface area (Å²) >= 11 is 0. The van der Waals surface area contributed by atoms with Crippen molar-refractivity contribution in [3.8, 4) is 0 Å². The highest BCUT2D eigenvalue weighted by Gasteiger charge is 2.69. The van der Waals surface area contributed by atoms with E-state index < -0.39 is 59.8 Å². The van der Waals surface area contributed by atoms with Crippen LogP contribution in [-0.4, -0.2) is 64.9 Å². The lowest BCUT2D eigenvalue weighted by molar-refractivity contribution is -0.576. The molecule has 12 heteroatoms. The Bertz CT molecular complexity index is 1050. The first kappa shape index (κ1) is 33.6. The maximum Gasteiger partial charge on any atom is 0.326 e. The Morgan fingerprint density at radius 1 is 0.907 bits per heavy atom. The van der Waals surface area contributed by atoms with Gasteiger partial charge in [0.25, 0.3) is 0 Å². The van der Waals surface area contributed by atoms with Crippen LogP contribution in [-0.2, 0) is 43.2 Å². The third-order valence-corrected chi connectivity index (χ3v) is 9.58. The number of fused-ring (bicyclic) bond motifs is 2. The van der Waals surface area contributed by atoms with Gasteiger partial charge in [0.05, 0.1) is 6.42 Å². The van der Waals surface area contributed by atoms with Gasteiger partial charge in [0.1, 0.15) is 12.1 Å². The zero-order chi connectivity index (χ0) is 31.7. The highest BCUT2D eigenvalue weighted by atomic mass is 17.3. The molecule has 2 amide bonds. The fourth-order valence-electron chi connectivity index (χ4n) is 7.35. The first-order chi connectivity index (χ1) is 20.1. The number of hydrogen-bond donors (Lipinski definition) is 3. The largest absolute Gasteiger partial charge is 0.480 e. The smallest absolute Gasteiger partial charge is 0.326 e. The van der Waals surface area contributed by atoms with Gasteiger partial charge in [0.2, 0.25) is 23.9 Å². The number of ether oxygens (including phenoxy) is 3. The monoisotopic (exact) mass is 610 g/mol. The summed E-state index contributed by atoms with van der Waals surface area (Å²) in [5.74, 6) is -3.21. The summed E-state index contributed by atoms with van der Waals surface area (Å²) < 4.78 is 18.4. The molecule has 0 aromatic carbocycles. The topological polar surface area (TPSA) is 159 Å². The number of nitrogens with one attached hydrogen (secondary N) is 2. The van der Waals surface area contributed by atoms with Gasteiger partial charge in [-0.15, -0.1) is 0 Å². The van der Waals surface area contributed by atoms with Crippen molar-refractivity contribution in [2.24, 2.45) is 35.5 Å². The van der Waals surface area contributed by atoms with Crippen molar-refractivity contribution >= 4 is 23.8 Å². The quantitative estimate of drug-likeness (QED) is 0.220. The molecule has 3 N–H and O–H groups in total. The SMILES string of the molecule is CC(C)C[C@H](NC(=O)[C@H](CC(C)C)NC(=O)CCC(=O)O[C@@H]1O[C@H]2O[C@]3(C)CC[C@H]4[C@H](C)CC[C@@H]([C@@H]1C)[C@@]24OO3)C(=O)O. The summed E-state index contributed by atoms with van der Waals surface area (Å²) in [5.41, 5.74) is -0.767. The number of hydrogen-bond acceptors (Lipinski definition) is 9. The van der Waals surface area contributed by atoms with E-state index in [2.05, 4.69) is 17.6 Å². The van der Waals surface area contributed by atoms with Crippen LogP contribution in [0.3, 0.4) is 0 Å². The summed E-state index contributed by atoms with van der Waals surface area (Å²) in [6, 6.07) is -1.98. The number of rotatable bonds is 12. The van der Waals surface area contributed by atoms with E-state index >= 15 is 0 Å². The molecule has 1 spiro atoms. The van der Waals surface area contributed by atoms with Crippen LogP contribution in [0.25, 0.3) is 0 Å². The molecule has 5 aliphatic rings. The highest BCUT2D eigenvalue weighted by Crippen LogP contribution is 2.60.